The lowest BCUT2D eigenvalue weighted by Gasteiger charge is -2.24. The fourth-order valence-electron chi connectivity index (χ4n) is 1.41. The first-order valence-electron chi connectivity index (χ1n) is 3.95. The molecule has 0 aliphatic carbocycles. The number of rotatable bonds is 1. The molecule has 0 aromatic rings. The fraction of sp³-hybridized carbons (Fsp3) is 0.875. The van der Waals surface area contributed by atoms with Crippen molar-refractivity contribution in [2.24, 2.45) is 11.8 Å². The SMILES string of the molecule is CC(C#N)C1CCCNC1. The van der Waals surface area contributed by atoms with Gasteiger partial charge in [0.1, 0.15) is 0 Å². The van der Waals surface area contributed by atoms with E-state index >= 15 is 0 Å². The monoisotopic (exact) mass is 138 g/mol. The molecule has 2 atom stereocenters. The zero-order valence-electron chi connectivity index (χ0n) is 6.43. The molecule has 1 heterocycles. The average Bonchev–Trinajstić information content (AvgIpc) is 2.05. The molecule has 10 heavy (non-hydrogen) atoms. The minimum absolute atomic E-state index is 0.229. The van der Waals surface area contributed by atoms with Crippen LogP contribution in [0.2, 0.25) is 0 Å². The van der Waals surface area contributed by atoms with E-state index in [4.69, 9.17) is 5.26 Å². The van der Waals surface area contributed by atoms with Gasteiger partial charge in [-0.3, -0.25) is 0 Å². The highest BCUT2D eigenvalue weighted by molar-refractivity contribution is 4.87. The molecule has 0 aromatic carbocycles. The van der Waals surface area contributed by atoms with Crippen molar-refractivity contribution in [1.82, 2.24) is 5.32 Å². The van der Waals surface area contributed by atoms with Crippen molar-refractivity contribution >= 4 is 0 Å². The van der Waals surface area contributed by atoms with Crippen molar-refractivity contribution in [1.29, 1.82) is 5.26 Å². The van der Waals surface area contributed by atoms with E-state index in [0.29, 0.717) is 5.92 Å². The van der Waals surface area contributed by atoms with E-state index < -0.39 is 0 Å². The molecule has 0 radical (unpaired) electrons. The third-order valence-corrected chi connectivity index (χ3v) is 2.25. The van der Waals surface area contributed by atoms with Gasteiger partial charge >= 0.3 is 0 Å². The number of nitrogens with one attached hydrogen (secondary N) is 1. The van der Waals surface area contributed by atoms with E-state index in [1.165, 1.54) is 12.8 Å². The predicted octanol–water partition coefficient (Wildman–Crippen LogP) is 1.15. The Kier molecular flexibility index (Phi) is 2.70. The Morgan fingerprint density at radius 1 is 1.70 bits per heavy atom. The first-order chi connectivity index (χ1) is 4.84. The Bertz CT molecular complexity index is 131. The number of nitriles is 1. The van der Waals surface area contributed by atoms with Gasteiger partial charge in [-0.15, -0.1) is 0 Å². The summed E-state index contributed by atoms with van der Waals surface area (Å²) in [5.74, 6) is 0.826. The van der Waals surface area contributed by atoms with Crippen LogP contribution >= 0.6 is 0 Å². The fourth-order valence-corrected chi connectivity index (χ4v) is 1.41. The zero-order chi connectivity index (χ0) is 7.40. The van der Waals surface area contributed by atoms with Gasteiger partial charge in [-0.1, -0.05) is 0 Å². The first-order valence-corrected chi connectivity index (χ1v) is 3.95. The van der Waals surface area contributed by atoms with Crippen LogP contribution in [0.3, 0.4) is 0 Å². The van der Waals surface area contributed by atoms with E-state index in [0.717, 1.165) is 13.1 Å². The summed E-state index contributed by atoms with van der Waals surface area (Å²) in [5, 5.41) is 11.9. The topological polar surface area (TPSA) is 35.8 Å². The van der Waals surface area contributed by atoms with Gasteiger partial charge in [0.2, 0.25) is 0 Å². The van der Waals surface area contributed by atoms with Gasteiger partial charge in [0.15, 0.2) is 0 Å². The molecule has 0 saturated carbocycles. The number of hydrogen-bond donors (Lipinski definition) is 1. The molecule has 2 unspecified atom stereocenters. The Morgan fingerprint density at radius 3 is 3.00 bits per heavy atom. The number of hydrogen-bond acceptors (Lipinski definition) is 2. The van der Waals surface area contributed by atoms with Crippen LogP contribution in [0.5, 0.6) is 0 Å². The Hall–Kier alpha value is -0.550. The summed E-state index contributed by atoms with van der Waals surface area (Å²) < 4.78 is 0. The summed E-state index contributed by atoms with van der Waals surface area (Å²) >= 11 is 0. The second-order valence-corrected chi connectivity index (χ2v) is 3.02. The number of piperidine rings is 1. The molecule has 0 spiro atoms. The maximum atomic E-state index is 8.61. The molecule has 2 nitrogen and oxygen atoms in total. The van der Waals surface area contributed by atoms with Gasteiger partial charge in [0, 0.05) is 5.92 Å². The minimum atomic E-state index is 0.229. The molecule has 1 aliphatic rings. The average molecular weight is 138 g/mol. The third-order valence-electron chi connectivity index (χ3n) is 2.25. The summed E-state index contributed by atoms with van der Waals surface area (Å²) in [5.41, 5.74) is 0. The van der Waals surface area contributed by atoms with Crippen LogP contribution in [0.15, 0.2) is 0 Å². The first kappa shape index (κ1) is 7.56. The van der Waals surface area contributed by atoms with Crippen molar-refractivity contribution in [3.05, 3.63) is 0 Å². The van der Waals surface area contributed by atoms with Crippen molar-refractivity contribution in [3.8, 4) is 6.07 Å². The maximum absolute atomic E-state index is 8.61. The lowest BCUT2D eigenvalue weighted by Crippen LogP contribution is -2.32. The van der Waals surface area contributed by atoms with Crippen molar-refractivity contribution in [3.63, 3.8) is 0 Å². The standard InChI is InChI=1S/C8H14N2/c1-7(5-9)8-3-2-4-10-6-8/h7-8,10H,2-4,6H2,1H3. The van der Waals surface area contributed by atoms with Crippen LogP contribution in [0.4, 0.5) is 0 Å². The van der Waals surface area contributed by atoms with E-state index in [1.807, 2.05) is 6.92 Å². The van der Waals surface area contributed by atoms with Crippen LogP contribution < -0.4 is 5.32 Å². The molecule has 1 N–H and O–H groups in total. The van der Waals surface area contributed by atoms with Gasteiger partial charge in [0.25, 0.3) is 0 Å². The van der Waals surface area contributed by atoms with E-state index in [2.05, 4.69) is 11.4 Å². The highest BCUT2D eigenvalue weighted by Crippen LogP contribution is 2.18. The van der Waals surface area contributed by atoms with Gasteiger partial charge in [-0.05, 0) is 38.8 Å². The highest BCUT2D eigenvalue weighted by Gasteiger charge is 2.18. The Labute approximate surface area is 62.2 Å². The molecule has 1 aliphatic heterocycles. The number of nitrogens with zero attached hydrogens (tertiary/aromatic N) is 1. The molecule has 1 fully saturated rings. The predicted molar refractivity (Wildman–Crippen MR) is 40.4 cm³/mol. The lowest BCUT2D eigenvalue weighted by atomic mass is 9.89. The lowest BCUT2D eigenvalue weighted by molar-refractivity contribution is 0.323. The molecular weight excluding hydrogens is 124 g/mol. The van der Waals surface area contributed by atoms with Crippen molar-refractivity contribution < 1.29 is 0 Å². The van der Waals surface area contributed by atoms with Crippen LogP contribution in [0.1, 0.15) is 19.8 Å². The normalized spacial score (nSPS) is 29.0. The summed E-state index contributed by atoms with van der Waals surface area (Å²) in [6.07, 6.45) is 2.46. The summed E-state index contributed by atoms with van der Waals surface area (Å²) in [4.78, 5) is 0. The Balaban J connectivity index is 2.33. The minimum Gasteiger partial charge on any atom is -0.316 e. The third kappa shape index (κ3) is 1.71. The Morgan fingerprint density at radius 2 is 2.50 bits per heavy atom. The quantitative estimate of drug-likeness (QED) is 0.590. The van der Waals surface area contributed by atoms with E-state index in [9.17, 15) is 0 Å². The van der Waals surface area contributed by atoms with Gasteiger partial charge in [0.05, 0.1) is 6.07 Å². The zero-order valence-corrected chi connectivity index (χ0v) is 6.43. The van der Waals surface area contributed by atoms with Crippen LogP contribution in [0.25, 0.3) is 0 Å². The molecule has 0 amide bonds. The smallest absolute Gasteiger partial charge is 0.0656 e. The van der Waals surface area contributed by atoms with Crippen LogP contribution in [-0.4, -0.2) is 13.1 Å². The van der Waals surface area contributed by atoms with E-state index in [-0.39, 0.29) is 5.92 Å². The molecular formula is C8H14N2. The van der Waals surface area contributed by atoms with Crippen LogP contribution in [0, 0.1) is 23.2 Å². The largest absolute Gasteiger partial charge is 0.316 e. The molecule has 56 valence electrons. The second kappa shape index (κ2) is 3.58. The van der Waals surface area contributed by atoms with Gasteiger partial charge in [-0.2, -0.15) is 5.26 Å². The summed E-state index contributed by atoms with van der Waals surface area (Å²) in [6, 6.07) is 2.29. The molecule has 1 saturated heterocycles. The van der Waals surface area contributed by atoms with Crippen molar-refractivity contribution in [2.75, 3.05) is 13.1 Å². The van der Waals surface area contributed by atoms with E-state index in [1.54, 1.807) is 0 Å². The summed E-state index contributed by atoms with van der Waals surface area (Å²) in [6.45, 7) is 4.18. The second-order valence-electron chi connectivity index (χ2n) is 3.02. The molecule has 0 bridgehead atoms. The molecule has 0 aromatic heterocycles. The highest BCUT2D eigenvalue weighted by atomic mass is 14.9. The summed E-state index contributed by atoms with van der Waals surface area (Å²) in [7, 11) is 0. The molecule has 2 heteroatoms. The van der Waals surface area contributed by atoms with Gasteiger partial charge in [-0.25, -0.2) is 0 Å². The maximum Gasteiger partial charge on any atom is 0.0656 e. The molecule has 1 rings (SSSR count). The van der Waals surface area contributed by atoms with Gasteiger partial charge < -0.3 is 5.32 Å². The van der Waals surface area contributed by atoms with Crippen molar-refractivity contribution in [2.45, 2.75) is 19.8 Å². The van der Waals surface area contributed by atoms with Crippen LogP contribution in [-0.2, 0) is 0 Å².